The molecule has 1 fully saturated rings. The Balaban J connectivity index is 2.49. The molecule has 6 heteroatoms. The Bertz CT molecular complexity index is 368. The predicted octanol–water partition coefficient (Wildman–Crippen LogP) is 2.13. The van der Waals surface area contributed by atoms with Crippen LogP contribution in [0.2, 0.25) is 0 Å². The van der Waals surface area contributed by atoms with Gasteiger partial charge < -0.3 is 15.0 Å². The molecular weight excluding hydrogens is 288 g/mol. The van der Waals surface area contributed by atoms with E-state index in [1.54, 1.807) is 6.26 Å². The van der Waals surface area contributed by atoms with Crippen LogP contribution in [0.5, 0.6) is 0 Å². The lowest BCUT2D eigenvalue weighted by atomic mass is 10.0. The third-order valence-electron chi connectivity index (χ3n) is 3.63. The Morgan fingerprint density at radius 2 is 2.10 bits per heavy atom. The van der Waals surface area contributed by atoms with E-state index in [0.717, 1.165) is 32.4 Å². The van der Waals surface area contributed by atoms with Gasteiger partial charge in [-0.05, 0) is 47.0 Å². The third-order valence-corrected chi connectivity index (χ3v) is 4.93. The van der Waals surface area contributed by atoms with Crippen LogP contribution in [0.25, 0.3) is 0 Å². The van der Waals surface area contributed by atoms with Gasteiger partial charge in [0.25, 0.3) is 0 Å². The summed E-state index contributed by atoms with van der Waals surface area (Å²) in [4.78, 5) is 14.1. The van der Waals surface area contributed by atoms with E-state index in [1.807, 2.05) is 32.6 Å². The zero-order chi connectivity index (χ0) is 16.0. The summed E-state index contributed by atoms with van der Waals surface area (Å²) >= 11 is 0. The van der Waals surface area contributed by atoms with Crippen LogP contribution in [0.4, 0.5) is 4.79 Å². The smallest absolute Gasteiger partial charge is 0.410 e. The molecule has 0 bridgehead atoms. The molecule has 0 aromatic carbocycles. The van der Waals surface area contributed by atoms with Crippen LogP contribution >= 0.6 is 0 Å². The van der Waals surface area contributed by atoms with Gasteiger partial charge in [0.05, 0.1) is 0 Å². The number of nitrogens with zero attached hydrogens (tertiary/aromatic N) is 1. The van der Waals surface area contributed by atoms with Gasteiger partial charge in [-0.2, -0.15) is 0 Å². The number of carbonyl (C=O) groups excluding carboxylic acids is 1. The molecule has 1 heterocycles. The summed E-state index contributed by atoms with van der Waals surface area (Å²) in [6.07, 6.45) is 4.67. The molecule has 1 amide bonds. The van der Waals surface area contributed by atoms with Gasteiger partial charge in [-0.25, -0.2) is 4.79 Å². The van der Waals surface area contributed by atoms with E-state index in [0.29, 0.717) is 6.54 Å². The number of ether oxygens (including phenoxy) is 1. The van der Waals surface area contributed by atoms with Crippen LogP contribution in [0.15, 0.2) is 0 Å². The number of piperidine rings is 1. The lowest BCUT2D eigenvalue weighted by molar-refractivity contribution is 0.00999. The summed E-state index contributed by atoms with van der Waals surface area (Å²) in [6.45, 7) is 9.84. The standard InChI is InChI=1S/C15H30N2O3S/c1-12(21(5)19)10-16-11-13-8-6-7-9-17(13)14(18)20-15(2,3)4/h12-13,16H,6-11H2,1-5H3. The maximum Gasteiger partial charge on any atom is 0.410 e. The zero-order valence-electron chi connectivity index (χ0n) is 14.0. The van der Waals surface area contributed by atoms with E-state index in [4.69, 9.17) is 4.74 Å². The average Bonchev–Trinajstić information content (AvgIpc) is 2.37. The Labute approximate surface area is 131 Å². The molecule has 21 heavy (non-hydrogen) atoms. The topological polar surface area (TPSA) is 58.6 Å². The average molecular weight is 318 g/mol. The molecule has 1 aliphatic rings. The summed E-state index contributed by atoms with van der Waals surface area (Å²) in [7, 11) is -0.815. The summed E-state index contributed by atoms with van der Waals surface area (Å²) in [5, 5.41) is 3.47. The highest BCUT2D eigenvalue weighted by Crippen LogP contribution is 2.20. The highest BCUT2D eigenvalue weighted by Gasteiger charge is 2.30. The van der Waals surface area contributed by atoms with Crippen molar-refractivity contribution in [1.29, 1.82) is 0 Å². The molecule has 1 saturated heterocycles. The Kier molecular flexibility index (Phi) is 7.13. The minimum Gasteiger partial charge on any atom is -0.444 e. The molecule has 124 valence electrons. The molecule has 5 nitrogen and oxygen atoms in total. The van der Waals surface area contributed by atoms with E-state index in [9.17, 15) is 9.00 Å². The largest absolute Gasteiger partial charge is 0.444 e. The van der Waals surface area contributed by atoms with Gasteiger partial charge >= 0.3 is 6.09 Å². The molecular formula is C15H30N2O3S. The molecule has 0 radical (unpaired) electrons. The van der Waals surface area contributed by atoms with Crippen molar-refractivity contribution in [2.24, 2.45) is 0 Å². The lowest BCUT2D eigenvalue weighted by Gasteiger charge is -2.37. The molecule has 3 unspecified atom stereocenters. The first-order chi connectivity index (χ1) is 9.70. The monoisotopic (exact) mass is 318 g/mol. The quantitative estimate of drug-likeness (QED) is 0.844. The van der Waals surface area contributed by atoms with Crippen LogP contribution in [0, 0.1) is 0 Å². The molecule has 1 rings (SSSR count). The number of rotatable bonds is 5. The number of carbonyl (C=O) groups is 1. The second kappa shape index (κ2) is 8.13. The molecule has 1 N–H and O–H groups in total. The fourth-order valence-corrected chi connectivity index (χ4v) is 2.70. The van der Waals surface area contributed by atoms with Gasteiger partial charge in [0.2, 0.25) is 0 Å². The zero-order valence-corrected chi connectivity index (χ0v) is 14.8. The van der Waals surface area contributed by atoms with Crippen molar-refractivity contribution in [3.05, 3.63) is 0 Å². The fourth-order valence-electron chi connectivity index (χ4n) is 2.34. The van der Waals surface area contributed by atoms with Crippen molar-refractivity contribution in [2.45, 2.75) is 63.9 Å². The number of likely N-dealkylation sites (tertiary alicyclic amines) is 1. The second-order valence-electron chi connectivity index (χ2n) is 6.79. The summed E-state index contributed by atoms with van der Waals surface area (Å²) in [5.41, 5.74) is -0.458. The first-order valence-electron chi connectivity index (χ1n) is 7.73. The molecule has 0 spiro atoms. The summed E-state index contributed by atoms with van der Waals surface area (Å²) < 4.78 is 16.8. The Morgan fingerprint density at radius 1 is 1.43 bits per heavy atom. The Morgan fingerprint density at radius 3 is 2.67 bits per heavy atom. The minimum absolute atomic E-state index is 0.128. The van der Waals surface area contributed by atoms with Crippen molar-refractivity contribution in [2.75, 3.05) is 25.9 Å². The van der Waals surface area contributed by atoms with Crippen LogP contribution < -0.4 is 5.32 Å². The van der Waals surface area contributed by atoms with Gasteiger partial charge in [0, 0.05) is 48.0 Å². The molecule has 1 aliphatic heterocycles. The second-order valence-corrected chi connectivity index (χ2v) is 8.59. The van der Waals surface area contributed by atoms with Crippen molar-refractivity contribution in [1.82, 2.24) is 10.2 Å². The van der Waals surface area contributed by atoms with Crippen molar-refractivity contribution >= 4 is 16.9 Å². The highest BCUT2D eigenvalue weighted by molar-refractivity contribution is 7.84. The van der Waals surface area contributed by atoms with Crippen LogP contribution in [0.1, 0.15) is 47.0 Å². The number of amides is 1. The maximum atomic E-state index is 12.3. The van der Waals surface area contributed by atoms with Crippen molar-refractivity contribution < 1.29 is 13.7 Å². The van der Waals surface area contributed by atoms with Gasteiger partial charge in [-0.1, -0.05) is 0 Å². The van der Waals surface area contributed by atoms with Crippen LogP contribution in [-0.4, -0.2) is 58.0 Å². The van der Waals surface area contributed by atoms with Crippen molar-refractivity contribution in [3.63, 3.8) is 0 Å². The Hall–Kier alpha value is -0.620. The van der Waals surface area contributed by atoms with Crippen LogP contribution in [-0.2, 0) is 15.5 Å². The van der Waals surface area contributed by atoms with Gasteiger partial charge in [0.15, 0.2) is 0 Å². The van der Waals surface area contributed by atoms with Gasteiger partial charge in [-0.15, -0.1) is 0 Å². The minimum atomic E-state index is -0.815. The maximum absolute atomic E-state index is 12.3. The first kappa shape index (κ1) is 18.4. The normalized spacial score (nSPS) is 22.7. The number of hydrogen-bond acceptors (Lipinski definition) is 4. The molecule has 0 saturated carbocycles. The fraction of sp³-hybridized carbons (Fsp3) is 0.933. The molecule has 0 aromatic heterocycles. The number of hydrogen-bond donors (Lipinski definition) is 1. The number of nitrogens with one attached hydrogen (secondary N) is 1. The lowest BCUT2D eigenvalue weighted by Crippen LogP contribution is -2.50. The predicted molar refractivity (Wildman–Crippen MR) is 87.0 cm³/mol. The van der Waals surface area contributed by atoms with E-state index >= 15 is 0 Å². The van der Waals surface area contributed by atoms with E-state index in [1.165, 1.54) is 0 Å². The first-order valence-corrected chi connectivity index (χ1v) is 9.35. The van der Waals surface area contributed by atoms with Crippen molar-refractivity contribution in [3.8, 4) is 0 Å². The summed E-state index contributed by atoms with van der Waals surface area (Å²) in [5.74, 6) is 0. The summed E-state index contributed by atoms with van der Waals surface area (Å²) in [6, 6.07) is 0.172. The van der Waals surface area contributed by atoms with E-state index in [2.05, 4.69) is 5.32 Å². The van der Waals surface area contributed by atoms with E-state index < -0.39 is 16.4 Å². The molecule has 0 aliphatic carbocycles. The van der Waals surface area contributed by atoms with Gasteiger partial charge in [0.1, 0.15) is 5.60 Å². The molecule has 0 aromatic rings. The SMILES string of the molecule is CC(CNCC1CCCCN1C(=O)OC(C)(C)C)S(C)=O. The highest BCUT2D eigenvalue weighted by atomic mass is 32.2. The van der Waals surface area contributed by atoms with Crippen LogP contribution in [0.3, 0.4) is 0 Å². The van der Waals surface area contributed by atoms with Gasteiger partial charge in [-0.3, -0.25) is 4.21 Å². The third kappa shape index (κ3) is 6.78. The van der Waals surface area contributed by atoms with E-state index in [-0.39, 0.29) is 17.4 Å². The molecule has 3 atom stereocenters.